The lowest BCUT2D eigenvalue weighted by molar-refractivity contribution is 0.406. The van der Waals surface area contributed by atoms with E-state index in [2.05, 4.69) is 41.9 Å². The number of nitrogens with two attached hydrogens (primary N) is 1. The first-order chi connectivity index (χ1) is 7.10. The highest BCUT2D eigenvalue weighted by molar-refractivity contribution is 9.10. The van der Waals surface area contributed by atoms with E-state index in [1.165, 1.54) is 11.1 Å². The van der Waals surface area contributed by atoms with Gasteiger partial charge in [-0.15, -0.1) is 0 Å². The van der Waals surface area contributed by atoms with Crippen LogP contribution in [0, 0.1) is 0 Å². The van der Waals surface area contributed by atoms with Crippen molar-refractivity contribution >= 4 is 15.9 Å². The largest absolute Gasteiger partial charge is 0.495 e. The summed E-state index contributed by atoms with van der Waals surface area (Å²) in [6, 6.07) is 4.30. The first-order valence-electron chi connectivity index (χ1n) is 5.16. The van der Waals surface area contributed by atoms with Gasteiger partial charge in [0.25, 0.3) is 0 Å². The summed E-state index contributed by atoms with van der Waals surface area (Å²) in [4.78, 5) is 0. The van der Waals surface area contributed by atoms with E-state index in [9.17, 15) is 0 Å². The lowest BCUT2D eigenvalue weighted by Gasteiger charge is -2.14. The van der Waals surface area contributed by atoms with Gasteiger partial charge in [-0.25, -0.2) is 0 Å². The Labute approximate surface area is 99.9 Å². The van der Waals surface area contributed by atoms with Crippen LogP contribution in [0.1, 0.15) is 30.9 Å². The minimum absolute atomic E-state index is 0.517. The molecule has 0 fully saturated rings. The minimum Gasteiger partial charge on any atom is -0.495 e. The van der Waals surface area contributed by atoms with Gasteiger partial charge in [-0.05, 0) is 52.0 Å². The van der Waals surface area contributed by atoms with E-state index in [4.69, 9.17) is 10.5 Å². The Kier molecular flexibility index (Phi) is 4.61. The smallest absolute Gasteiger partial charge is 0.136 e. The van der Waals surface area contributed by atoms with Crippen molar-refractivity contribution in [3.63, 3.8) is 0 Å². The molecule has 0 bridgehead atoms. The van der Waals surface area contributed by atoms with Gasteiger partial charge in [-0.3, -0.25) is 0 Å². The Balaban J connectivity index is 3.19. The van der Waals surface area contributed by atoms with Crippen molar-refractivity contribution < 1.29 is 4.74 Å². The molecular formula is C12H18BrNO. The Morgan fingerprint density at radius 2 is 2.07 bits per heavy atom. The lowest BCUT2D eigenvalue weighted by atomic mass is 9.99. The van der Waals surface area contributed by atoms with Crippen molar-refractivity contribution in [2.45, 2.75) is 26.2 Å². The molecule has 0 spiro atoms. The van der Waals surface area contributed by atoms with Gasteiger partial charge < -0.3 is 10.5 Å². The Hall–Kier alpha value is -0.540. The summed E-state index contributed by atoms with van der Waals surface area (Å²) in [5, 5.41) is 0. The highest BCUT2D eigenvalue weighted by atomic mass is 79.9. The lowest BCUT2D eigenvalue weighted by Crippen LogP contribution is -2.05. The summed E-state index contributed by atoms with van der Waals surface area (Å²) < 4.78 is 6.37. The summed E-state index contributed by atoms with van der Waals surface area (Å²) in [5.41, 5.74) is 8.08. The summed E-state index contributed by atoms with van der Waals surface area (Å²) in [5.74, 6) is 1.42. The van der Waals surface area contributed by atoms with Crippen LogP contribution in [0.25, 0.3) is 0 Å². The van der Waals surface area contributed by atoms with Crippen LogP contribution >= 0.6 is 15.9 Å². The second-order valence-electron chi connectivity index (χ2n) is 3.89. The van der Waals surface area contributed by atoms with Crippen LogP contribution in [0.3, 0.4) is 0 Å². The van der Waals surface area contributed by atoms with E-state index in [0.29, 0.717) is 12.5 Å². The highest BCUT2D eigenvalue weighted by Gasteiger charge is 2.10. The Morgan fingerprint density at radius 3 is 2.53 bits per heavy atom. The van der Waals surface area contributed by atoms with E-state index in [-0.39, 0.29) is 0 Å². The maximum absolute atomic E-state index is 5.59. The Morgan fingerprint density at radius 1 is 1.40 bits per heavy atom. The molecule has 0 unspecified atom stereocenters. The zero-order valence-electron chi connectivity index (χ0n) is 9.51. The summed E-state index contributed by atoms with van der Waals surface area (Å²) >= 11 is 3.53. The monoisotopic (exact) mass is 271 g/mol. The molecule has 1 rings (SSSR count). The first kappa shape index (κ1) is 12.5. The number of halogens is 1. The second kappa shape index (κ2) is 5.52. The van der Waals surface area contributed by atoms with Crippen molar-refractivity contribution in [1.29, 1.82) is 0 Å². The van der Waals surface area contributed by atoms with Gasteiger partial charge in [0.2, 0.25) is 0 Å². The predicted octanol–water partition coefficient (Wildman–Crippen LogP) is 3.08. The third-order valence-corrected chi connectivity index (χ3v) is 3.02. The number of hydrogen-bond donors (Lipinski definition) is 1. The molecule has 0 saturated heterocycles. The molecule has 0 amide bonds. The molecule has 0 radical (unpaired) electrons. The van der Waals surface area contributed by atoms with E-state index in [0.717, 1.165) is 16.6 Å². The molecule has 1 aromatic carbocycles. The molecule has 3 heteroatoms. The highest BCUT2D eigenvalue weighted by Crippen LogP contribution is 2.33. The van der Waals surface area contributed by atoms with Gasteiger partial charge in [0.1, 0.15) is 5.75 Å². The molecule has 2 nitrogen and oxygen atoms in total. The zero-order chi connectivity index (χ0) is 11.4. The van der Waals surface area contributed by atoms with Gasteiger partial charge in [-0.2, -0.15) is 0 Å². The van der Waals surface area contributed by atoms with Gasteiger partial charge >= 0.3 is 0 Å². The van der Waals surface area contributed by atoms with Crippen LogP contribution in [-0.4, -0.2) is 13.7 Å². The van der Waals surface area contributed by atoms with Crippen LogP contribution in [-0.2, 0) is 6.42 Å². The average molecular weight is 272 g/mol. The molecule has 15 heavy (non-hydrogen) atoms. The number of benzene rings is 1. The van der Waals surface area contributed by atoms with E-state index >= 15 is 0 Å². The fraction of sp³-hybridized carbons (Fsp3) is 0.500. The standard InChI is InChI=1S/C12H18BrNO/c1-8(2)10-6-9(4-5-14)12(15-3)11(13)7-10/h6-8H,4-5,14H2,1-3H3. The van der Waals surface area contributed by atoms with Crippen molar-refractivity contribution in [3.05, 3.63) is 27.7 Å². The number of rotatable bonds is 4. The first-order valence-corrected chi connectivity index (χ1v) is 5.95. The SMILES string of the molecule is COc1c(Br)cc(C(C)C)cc1CCN. The fourth-order valence-corrected chi connectivity index (χ4v) is 2.26. The molecule has 0 aliphatic heterocycles. The Bertz CT molecular complexity index is 337. The average Bonchev–Trinajstić information content (AvgIpc) is 2.17. The number of hydrogen-bond acceptors (Lipinski definition) is 2. The number of ether oxygens (including phenoxy) is 1. The quantitative estimate of drug-likeness (QED) is 0.914. The molecule has 0 aromatic heterocycles. The summed E-state index contributed by atoms with van der Waals surface area (Å²) in [7, 11) is 1.69. The summed E-state index contributed by atoms with van der Waals surface area (Å²) in [6.45, 7) is 5.01. The molecule has 84 valence electrons. The van der Waals surface area contributed by atoms with Crippen LogP contribution in [0.2, 0.25) is 0 Å². The van der Waals surface area contributed by atoms with Gasteiger partial charge in [-0.1, -0.05) is 19.9 Å². The van der Waals surface area contributed by atoms with Crippen LogP contribution in [0.15, 0.2) is 16.6 Å². The van der Waals surface area contributed by atoms with Crippen LogP contribution in [0.4, 0.5) is 0 Å². The van der Waals surface area contributed by atoms with Gasteiger partial charge in [0.15, 0.2) is 0 Å². The molecule has 0 aliphatic rings. The van der Waals surface area contributed by atoms with Crippen molar-refractivity contribution in [2.75, 3.05) is 13.7 Å². The van der Waals surface area contributed by atoms with Gasteiger partial charge in [0.05, 0.1) is 11.6 Å². The van der Waals surface area contributed by atoms with E-state index in [1.807, 2.05) is 0 Å². The predicted molar refractivity (Wildman–Crippen MR) is 67.5 cm³/mol. The molecule has 2 N–H and O–H groups in total. The molecule has 0 saturated carbocycles. The molecule has 0 aliphatic carbocycles. The topological polar surface area (TPSA) is 35.2 Å². The second-order valence-corrected chi connectivity index (χ2v) is 4.74. The third-order valence-electron chi connectivity index (χ3n) is 2.43. The molecule has 1 aromatic rings. The van der Waals surface area contributed by atoms with Crippen molar-refractivity contribution in [2.24, 2.45) is 5.73 Å². The molecular weight excluding hydrogens is 254 g/mol. The van der Waals surface area contributed by atoms with Crippen molar-refractivity contribution in [1.82, 2.24) is 0 Å². The fourth-order valence-electron chi connectivity index (χ4n) is 1.58. The van der Waals surface area contributed by atoms with Gasteiger partial charge in [0, 0.05) is 0 Å². The molecule has 0 heterocycles. The zero-order valence-corrected chi connectivity index (χ0v) is 11.1. The van der Waals surface area contributed by atoms with E-state index < -0.39 is 0 Å². The maximum Gasteiger partial charge on any atom is 0.136 e. The van der Waals surface area contributed by atoms with Crippen LogP contribution in [0.5, 0.6) is 5.75 Å². The molecule has 0 atom stereocenters. The minimum atomic E-state index is 0.517. The summed E-state index contributed by atoms with van der Waals surface area (Å²) in [6.07, 6.45) is 0.850. The van der Waals surface area contributed by atoms with Crippen LogP contribution < -0.4 is 10.5 Å². The normalized spacial score (nSPS) is 10.8. The van der Waals surface area contributed by atoms with E-state index in [1.54, 1.807) is 7.11 Å². The maximum atomic E-state index is 5.59. The number of methoxy groups -OCH3 is 1. The third kappa shape index (κ3) is 2.95. The van der Waals surface area contributed by atoms with Crippen molar-refractivity contribution in [3.8, 4) is 5.75 Å².